The highest BCUT2D eigenvalue weighted by Crippen LogP contribution is 2.24. The van der Waals surface area contributed by atoms with E-state index in [-0.39, 0.29) is 5.48 Å². The SMILES string of the molecule is FC(F)(F)c1nn[nH]n1.O. The molecule has 10 heavy (non-hydrogen) atoms. The number of halogens is 3. The van der Waals surface area contributed by atoms with E-state index >= 15 is 0 Å². The summed E-state index contributed by atoms with van der Waals surface area (Å²) in [7, 11) is 0. The van der Waals surface area contributed by atoms with E-state index in [4.69, 9.17) is 0 Å². The number of hydrogen-bond donors (Lipinski definition) is 1. The Morgan fingerprint density at radius 2 is 1.90 bits per heavy atom. The average Bonchev–Trinajstić information content (AvgIpc) is 2.08. The average molecular weight is 156 g/mol. The van der Waals surface area contributed by atoms with Gasteiger partial charge in [-0.2, -0.15) is 18.4 Å². The molecule has 1 aromatic heterocycles. The first kappa shape index (κ1) is 8.82. The first-order chi connectivity index (χ1) is 4.11. The lowest BCUT2D eigenvalue weighted by Crippen LogP contribution is -2.07. The van der Waals surface area contributed by atoms with Gasteiger partial charge >= 0.3 is 6.18 Å². The predicted molar refractivity (Wildman–Crippen MR) is 22.8 cm³/mol. The van der Waals surface area contributed by atoms with Gasteiger partial charge in [-0.15, -0.1) is 10.2 Å². The molecule has 3 N–H and O–H groups in total. The van der Waals surface area contributed by atoms with Gasteiger partial charge in [-0.3, -0.25) is 0 Å². The fraction of sp³-hybridized carbons (Fsp3) is 0.500. The monoisotopic (exact) mass is 156 g/mol. The Labute approximate surface area is 52.5 Å². The highest BCUT2D eigenvalue weighted by Gasteiger charge is 2.35. The van der Waals surface area contributed by atoms with Gasteiger partial charge in [0.05, 0.1) is 0 Å². The summed E-state index contributed by atoms with van der Waals surface area (Å²) in [5.41, 5.74) is 0. The molecule has 58 valence electrons. The van der Waals surface area contributed by atoms with Gasteiger partial charge in [-0.1, -0.05) is 0 Å². The van der Waals surface area contributed by atoms with E-state index in [0.717, 1.165) is 0 Å². The largest absolute Gasteiger partial charge is 0.455 e. The van der Waals surface area contributed by atoms with Crippen LogP contribution in [0, 0.1) is 0 Å². The molecule has 5 nitrogen and oxygen atoms in total. The maximum Gasteiger partial charge on any atom is 0.455 e. The minimum Gasteiger partial charge on any atom is -0.412 e. The van der Waals surface area contributed by atoms with Crippen LogP contribution in [0.15, 0.2) is 0 Å². The Hall–Kier alpha value is -1.18. The van der Waals surface area contributed by atoms with Crippen molar-refractivity contribution >= 4 is 0 Å². The van der Waals surface area contributed by atoms with Crippen LogP contribution in [0.3, 0.4) is 0 Å². The number of nitrogens with one attached hydrogen (secondary N) is 1. The van der Waals surface area contributed by atoms with Crippen molar-refractivity contribution in [3.8, 4) is 0 Å². The molecule has 1 aromatic rings. The van der Waals surface area contributed by atoms with Crippen LogP contribution in [0.4, 0.5) is 13.2 Å². The van der Waals surface area contributed by atoms with Gasteiger partial charge in [0.25, 0.3) is 5.82 Å². The van der Waals surface area contributed by atoms with Crippen molar-refractivity contribution in [2.75, 3.05) is 0 Å². The number of nitrogens with zero attached hydrogens (tertiary/aromatic N) is 3. The van der Waals surface area contributed by atoms with Crippen LogP contribution in [-0.2, 0) is 6.18 Å². The second-order valence-corrected chi connectivity index (χ2v) is 1.23. The smallest absolute Gasteiger partial charge is 0.412 e. The van der Waals surface area contributed by atoms with E-state index in [0.29, 0.717) is 0 Å². The van der Waals surface area contributed by atoms with Gasteiger partial charge < -0.3 is 5.48 Å². The molecule has 1 heterocycles. The molecule has 0 aliphatic heterocycles. The van der Waals surface area contributed by atoms with Crippen LogP contribution >= 0.6 is 0 Å². The molecule has 0 radical (unpaired) electrons. The maximum atomic E-state index is 11.4. The van der Waals surface area contributed by atoms with E-state index in [1.807, 2.05) is 0 Å². The Bertz CT molecular complexity index is 181. The third-order valence-electron chi connectivity index (χ3n) is 0.599. The molecule has 0 aliphatic carbocycles. The van der Waals surface area contributed by atoms with Crippen molar-refractivity contribution in [1.82, 2.24) is 20.6 Å². The Morgan fingerprint density at radius 3 is 2.10 bits per heavy atom. The molecular weight excluding hydrogens is 153 g/mol. The predicted octanol–water partition coefficient (Wildman–Crippen LogP) is -0.606. The van der Waals surface area contributed by atoms with Crippen LogP contribution in [0.2, 0.25) is 0 Å². The Morgan fingerprint density at radius 1 is 1.30 bits per heavy atom. The third kappa shape index (κ3) is 1.65. The van der Waals surface area contributed by atoms with Crippen LogP contribution in [-0.4, -0.2) is 26.1 Å². The molecule has 1 rings (SSSR count). The van der Waals surface area contributed by atoms with E-state index in [1.165, 1.54) is 0 Å². The fourth-order valence-corrected chi connectivity index (χ4v) is 0.282. The lowest BCUT2D eigenvalue weighted by Gasteiger charge is -1.95. The number of H-pyrrole nitrogens is 1. The van der Waals surface area contributed by atoms with Gasteiger partial charge in [0.15, 0.2) is 0 Å². The van der Waals surface area contributed by atoms with Crippen molar-refractivity contribution < 1.29 is 18.6 Å². The zero-order chi connectivity index (χ0) is 6.91. The summed E-state index contributed by atoms with van der Waals surface area (Å²) in [6.45, 7) is 0. The Balaban J connectivity index is 0.000000810. The highest BCUT2D eigenvalue weighted by molar-refractivity contribution is 4.81. The fourth-order valence-electron chi connectivity index (χ4n) is 0.282. The van der Waals surface area contributed by atoms with Crippen LogP contribution in [0.1, 0.15) is 5.82 Å². The molecule has 0 saturated heterocycles. The molecule has 8 heteroatoms. The Kier molecular flexibility index (Phi) is 2.30. The first-order valence-electron chi connectivity index (χ1n) is 1.91. The van der Waals surface area contributed by atoms with E-state index in [9.17, 15) is 13.2 Å². The van der Waals surface area contributed by atoms with Crippen molar-refractivity contribution in [3.05, 3.63) is 5.82 Å². The number of tetrazole rings is 1. The van der Waals surface area contributed by atoms with Gasteiger partial charge in [0.2, 0.25) is 0 Å². The van der Waals surface area contributed by atoms with Crippen molar-refractivity contribution in [2.24, 2.45) is 0 Å². The van der Waals surface area contributed by atoms with Crippen LogP contribution in [0.5, 0.6) is 0 Å². The minimum absolute atomic E-state index is 0. The van der Waals surface area contributed by atoms with Crippen LogP contribution in [0.25, 0.3) is 0 Å². The summed E-state index contributed by atoms with van der Waals surface area (Å²) in [6.07, 6.45) is -4.49. The van der Waals surface area contributed by atoms with Crippen molar-refractivity contribution in [3.63, 3.8) is 0 Å². The summed E-state index contributed by atoms with van der Waals surface area (Å²) in [5, 5.41) is 9.85. The summed E-state index contributed by atoms with van der Waals surface area (Å²) in [6, 6.07) is 0. The molecule has 0 bridgehead atoms. The second-order valence-electron chi connectivity index (χ2n) is 1.23. The zero-order valence-corrected chi connectivity index (χ0v) is 4.48. The topological polar surface area (TPSA) is 86.0 Å². The van der Waals surface area contributed by atoms with Gasteiger partial charge in [-0.25, -0.2) is 0 Å². The number of hydrogen-bond acceptors (Lipinski definition) is 3. The molecule has 0 aromatic carbocycles. The van der Waals surface area contributed by atoms with E-state index in [1.54, 1.807) is 5.21 Å². The molecule has 0 fully saturated rings. The van der Waals surface area contributed by atoms with E-state index in [2.05, 4.69) is 15.4 Å². The molecule has 0 aliphatic rings. The van der Waals surface area contributed by atoms with Crippen LogP contribution < -0.4 is 0 Å². The summed E-state index contributed by atoms with van der Waals surface area (Å²) in [4.78, 5) is 0. The summed E-state index contributed by atoms with van der Waals surface area (Å²) in [5.74, 6) is -1.25. The van der Waals surface area contributed by atoms with E-state index < -0.39 is 12.0 Å². The molecule has 0 saturated carbocycles. The standard InChI is InChI=1S/C2HF3N4.H2O/c3-2(4,5)1-6-8-9-7-1;/h(H,6,7,8,9);1H2. The molecule has 0 atom stereocenters. The molecule has 0 unspecified atom stereocenters. The van der Waals surface area contributed by atoms with Crippen molar-refractivity contribution in [2.45, 2.75) is 6.18 Å². The first-order valence-corrected chi connectivity index (χ1v) is 1.91. The third-order valence-corrected chi connectivity index (χ3v) is 0.599. The maximum absolute atomic E-state index is 11.4. The lowest BCUT2D eigenvalue weighted by atomic mass is 10.6. The zero-order valence-electron chi connectivity index (χ0n) is 4.48. The van der Waals surface area contributed by atoms with Gasteiger partial charge in [0, 0.05) is 0 Å². The second kappa shape index (κ2) is 2.60. The number of rotatable bonds is 0. The number of aromatic nitrogens is 4. The highest BCUT2D eigenvalue weighted by atomic mass is 19.4. The minimum atomic E-state index is -4.49. The number of alkyl halides is 3. The normalized spacial score (nSPS) is 10.7. The molecule has 0 spiro atoms. The van der Waals surface area contributed by atoms with Crippen molar-refractivity contribution in [1.29, 1.82) is 0 Å². The lowest BCUT2D eigenvalue weighted by molar-refractivity contribution is -0.144. The number of aromatic amines is 1. The van der Waals surface area contributed by atoms with Gasteiger partial charge in [-0.05, 0) is 5.21 Å². The summed E-state index contributed by atoms with van der Waals surface area (Å²) >= 11 is 0. The summed E-state index contributed by atoms with van der Waals surface area (Å²) < 4.78 is 34.3. The molecule has 0 amide bonds. The molecular formula is C2H3F3N4O. The quantitative estimate of drug-likeness (QED) is 0.543. The van der Waals surface area contributed by atoms with Gasteiger partial charge in [0.1, 0.15) is 0 Å².